The molecule has 0 N–H and O–H groups in total. The van der Waals surface area contributed by atoms with Crippen molar-refractivity contribution in [3.63, 3.8) is 0 Å². The minimum atomic E-state index is -0.698. The number of rotatable bonds is 1. The molecule has 3 rings (SSSR count). The molecular weight excluding hydrogens is 271 g/mol. The summed E-state index contributed by atoms with van der Waals surface area (Å²) < 4.78 is 0. The summed E-state index contributed by atoms with van der Waals surface area (Å²) in [5.41, 5.74) is 0.493. The topological polar surface area (TPSA) is 66.9 Å². The van der Waals surface area contributed by atoms with E-state index in [1.54, 1.807) is 12.1 Å². The fourth-order valence-electron chi connectivity index (χ4n) is 2.47. The molecule has 1 aromatic carbocycles. The molecule has 2 heterocycles. The fourth-order valence-corrected chi connectivity index (χ4v) is 2.47. The Hall–Kier alpha value is -2.31. The van der Waals surface area contributed by atoms with Gasteiger partial charge < -0.3 is 9.74 Å². The lowest BCUT2D eigenvalue weighted by atomic mass is 9.80. The van der Waals surface area contributed by atoms with Crippen LogP contribution >= 0.6 is 0 Å². The minimum Gasteiger partial charge on any atom is -0.310 e. The SMILES string of the molecule is [B]C1CCN(C(=O)ON2C(=O)c3ccccc3C2=O)CC1. The van der Waals surface area contributed by atoms with Crippen molar-refractivity contribution in [3.8, 4) is 0 Å². The molecule has 0 bridgehead atoms. The molecule has 7 heteroatoms. The summed E-state index contributed by atoms with van der Waals surface area (Å²) in [5.74, 6) is -1.15. The summed E-state index contributed by atoms with van der Waals surface area (Å²) in [6, 6.07) is 6.37. The zero-order valence-corrected chi connectivity index (χ0v) is 11.3. The molecule has 2 radical (unpaired) electrons. The second kappa shape index (κ2) is 5.23. The van der Waals surface area contributed by atoms with Gasteiger partial charge in [-0.05, 0) is 25.0 Å². The second-order valence-electron chi connectivity index (χ2n) is 5.13. The molecule has 0 spiro atoms. The van der Waals surface area contributed by atoms with E-state index in [9.17, 15) is 14.4 Å². The van der Waals surface area contributed by atoms with Crippen molar-refractivity contribution in [1.29, 1.82) is 0 Å². The summed E-state index contributed by atoms with van der Waals surface area (Å²) in [6.07, 6.45) is 0.658. The summed E-state index contributed by atoms with van der Waals surface area (Å²) in [4.78, 5) is 42.6. The van der Waals surface area contributed by atoms with E-state index in [4.69, 9.17) is 12.7 Å². The van der Waals surface area contributed by atoms with Crippen molar-refractivity contribution >= 4 is 25.8 Å². The summed E-state index contributed by atoms with van der Waals surface area (Å²) in [7, 11) is 5.76. The normalized spacial score (nSPS) is 18.9. The maximum Gasteiger partial charge on any atom is 0.434 e. The minimum absolute atomic E-state index is 0.0772. The lowest BCUT2D eigenvalue weighted by Gasteiger charge is -2.30. The van der Waals surface area contributed by atoms with E-state index in [2.05, 4.69) is 0 Å². The second-order valence-corrected chi connectivity index (χ2v) is 5.13. The highest BCUT2D eigenvalue weighted by molar-refractivity contribution is 6.20. The molecule has 0 aromatic heterocycles. The van der Waals surface area contributed by atoms with Crippen molar-refractivity contribution in [1.82, 2.24) is 9.96 Å². The largest absolute Gasteiger partial charge is 0.434 e. The van der Waals surface area contributed by atoms with Gasteiger partial charge in [0, 0.05) is 13.1 Å². The Morgan fingerprint density at radius 2 is 1.62 bits per heavy atom. The van der Waals surface area contributed by atoms with Crippen molar-refractivity contribution in [3.05, 3.63) is 35.4 Å². The molecular formula is C14H13BN2O4. The monoisotopic (exact) mass is 284 g/mol. The van der Waals surface area contributed by atoms with Gasteiger partial charge in [-0.3, -0.25) is 9.59 Å². The summed E-state index contributed by atoms with van der Waals surface area (Å²) in [6.45, 7) is 0.923. The molecule has 106 valence electrons. The Balaban J connectivity index is 1.70. The Morgan fingerprint density at radius 1 is 1.10 bits per heavy atom. The number of carbonyl (C=O) groups is 3. The molecule has 21 heavy (non-hydrogen) atoms. The molecule has 0 aliphatic carbocycles. The van der Waals surface area contributed by atoms with Crippen LogP contribution in [-0.4, -0.2) is 48.8 Å². The van der Waals surface area contributed by atoms with Crippen LogP contribution in [0.1, 0.15) is 33.6 Å². The molecule has 0 atom stereocenters. The van der Waals surface area contributed by atoms with E-state index in [0.717, 1.165) is 0 Å². The van der Waals surface area contributed by atoms with Crippen LogP contribution in [0, 0.1) is 0 Å². The van der Waals surface area contributed by atoms with E-state index in [1.807, 2.05) is 0 Å². The number of nitrogens with zero attached hydrogens (tertiary/aromatic N) is 2. The molecule has 1 aromatic rings. The number of likely N-dealkylation sites (tertiary alicyclic amines) is 1. The van der Waals surface area contributed by atoms with Gasteiger partial charge in [-0.15, -0.1) is 0 Å². The predicted octanol–water partition coefficient (Wildman–Crippen LogP) is 1.39. The maximum atomic E-state index is 12.1. The number of imide groups is 1. The van der Waals surface area contributed by atoms with Gasteiger partial charge in [-0.2, -0.15) is 0 Å². The number of fused-ring (bicyclic) bond motifs is 1. The number of piperidine rings is 1. The van der Waals surface area contributed by atoms with Crippen molar-refractivity contribution in [2.45, 2.75) is 18.7 Å². The highest BCUT2D eigenvalue weighted by atomic mass is 16.7. The smallest absolute Gasteiger partial charge is 0.310 e. The van der Waals surface area contributed by atoms with E-state index < -0.39 is 17.9 Å². The van der Waals surface area contributed by atoms with Crippen molar-refractivity contribution in [2.24, 2.45) is 0 Å². The highest BCUT2D eigenvalue weighted by Gasteiger charge is 2.39. The van der Waals surface area contributed by atoms with E-state index in [1.165, 1.54) is 17.0 Å². The average molecular weight is 284 g/mol. The van der Waals surface area contributed by atoms with Gasteiger partial charge in [0.15, 0.2) is 0 Å². The molecule has 1 fully saturated rings. The quantitative estimate of drug-likeness (QED) is 0.577. The number of hydrogen-bond donors (Lipinski definition) is 0. The standard InChI is InChI=1S/C14H13BN2O4/c15-9-5-7-16(8-6-9)14(20)21-17-12(18)10-3-1-2-4-11(10)13(17)19/h1-4,9H,5-8H2. The summed E-state index contributed by atoms with van der Waals surface area (Å²) >= 11 is 0. The van der Waals surface area contributed by atoms with Crippen LogP contribution in [0.15, 0.2) is 24.3 Å². The van der Waals surface area contributed by atoms with E-state index in [-0.39, 0.29) is 16.9 Å². The Labute approximate surface area is 123 Å². The average Bonchev–Trinajstić information content (AvgIpc) is 2.73. The van der Waals surface area contributed by atoms with Gasteiger partial charge in [0.05, 0.1) is 19.0 Å². The van der Waals surface area contributed by atoms with Crippen LogP contribution in [0.3, 0.4) is 0 Å². The van der Waals surface area contributed by atoms with Gasteiger partial charge in [-0.1, -0.05) is 23.0 Å². The Kier molecular flexibility index (Phi) is 3.41. The van der Waals surface area contributed by atoms with Crippen LogP contribution < -0.4 is 0 Å². The van der Waals surface area contributed by atoms with E-state index in [0.29, 0.717) is 31.0 Å². The predicted molar refractivity (Wildman–Crippen MR) is 73.7 cm³/mol. The number of hydroxylamine groups is 2. The van der Waals surface area contributed by atoms with Crippen LogP contribution in [0.2, 0.25) is 5.82 Å². The maximum absolute atomic E-state index is 12.1. The molecule has 0 saturated carbocycles. The molecule has 0 unspecified atom stereocenters. The molecule has 2 aliphatic heterocycles. The first-order valence-corrected chi connectivity index (χ1v) is 6.78. The van der Waals surface area contributed by atoms with Crippen LogP contribution in [0.4, 0.5) is 4.79 Å². The molecule has 1 saturated heterocycles. The van der Waals surface area contributed by atoms with Crippen molar-refractivity contribution < 1.29 is 19.2 Å². The van der Waals surface area contributed by atoms with Crippen LogP contribution in [-0.2, 0) is 4.84 Å². The zero-order valence-electron chi connectivity index (χ0n) is 11.3. The first-order valence-electron chi connectivity index (χ1n) is 6.78. The lowest BCUT2D eigenvalue weighted by molar-refractivity contribution is -0.0584. The first kappa shape index (κ1) is 13.7. The molecule has 6 nitrogen and oxygen atoms in total. The van der Waals surface area contributed by atoms with Crippen LogP contribution in [0.5, 0.6) is 0 Å². The molecule has 2 aliphatic rings. The number of benzene rings is 1. The molecule has 3 amide bonds. The van der Waals surface area contributed by atoms with Gasteiger partial charge >= 0.3 is 6.09 Å². The number of hydrogen-bond acceptors (Lipinski definition) is 4. The lowest BCUT2D eigenvalue weighted by Crippen LogP contribution is -2.42. The number of amides is 3. The van der Waals surface area contributed by atoms with Crippen molar-refractivity contribution in [2.75, 3.05) is 13.1 Å². The van der Waals surface area contributed by atoms with Crippen LogP contribution in [0.25, 0.3) is 0 Å². The van der Waals surface area contributed by atoms with Gasteiger partial charge in [0.2, 0.25) is 0 Å². The Bertz CT molecular complexity index is 576. The summed E-state index contributed by atoms with van der Waals surface area (Å²) in [5, 5.41) is 0.529. The van der Waals surface area contributed by atoms with Gasteiger partial charge in [-0.25, -0.2) is 4.79 Å². The highest BCUT2D eigenvalue weighted by Crippen LogP contribution is 2.24. The third-order valence-electron chi connectivity index (χ3n) is 3.72. The Morgan fingerprint density at radius 3 is 2.14 bits per heavy atom. The fraction of sp³-hybridized carbons (Fsp3) is 0.357. The van der Waals surface area contributed by atoms with Gasteiger partial charge in [0.25, 0.3) is 11.8 Å². The van der Waals surface area contributed by atoms with E-state index >= 15 is 0 Å². The van der Waals surface area contributed by atoms with Gasteiger partial charge in [0.1, 0.15) is 0 Å². The number of carbonyl (C=O) groups excluding carboxylic acids is 3. The third kappa shape index (κ3) is 2.39. The first-order chi connectivity index (χ1) is 10.1. The zero-order chi connectivity index (χ0) is 15.0. The third-order valence-corrected chi connectivity index (χ3v) is 3.72.